The first-order chi connectivity index (χ1) is 10.6. The Hall–Kier alpha value is -1.61. The van der Waals surface area contributed by atoms with Crippen LogP contribution in [0, 0.1) is 0 Å². The van der Waals surface area contributed by atoms with Gasteiger partial charge in [0.25, 0.3) is 0 Å². The lowest BCUT2D eigenvalue weighted by molar-refractivity contribution is -0.145. The van der Waals surface area contributed by atoms with Crippen molar-refractivity contribution in [3.8, 4) is 0 Å². The van der Waals surface area contributed by atoms with E-state index in [0.717, 1.165) is 37.7 Å². The molecule has 1 N–H and O–H groups in total. The predicted molar refractivity (Wildman–Crippen MR) is 87.3 cm³/mol. The van der Waals surface area contributed by atoms with Crippen LogP contribution in [0.3, 0.4) is 0 Å². The number of hydrogen-bond donors (Lipinski definition) is 1. The fourth-order valence-electron chi connectivity index (χ4n) is 3.27. The number of carbonyl (C=O) groups is 1. The first-order valence-corrected chi connectivity index (χ1v) is 8.41. The van der Waals surface area contributed by atoms with Gasteiger partial charge in [0.15, 0.2) is 0 Å². The Bertz CT molecular complexity index is 557. The molecule has 1 saturated heterocycles. The summed E-state index contributed by atoms with van der Waals surface area (Å²) in [6, 6.07) is 8.41. The number of likely N-dealkylation sites (tertiary alicyclic amines) is 1. The van der Waals surface area contributed by atoms with Crippen LogP contribution in [0.25, 0.3) is 0 Å². The highest BCUT2D eigenvalue weighted by atomic mass is 16.3. The van der Waals surface area contributed by atoms with Crippen molar-refractivity contribution in [2.24, 2.45) is 0 Å². The third-order valence-corrected chi connectivity index (χ3v) is 5.00. The topological polar surface area (TPSA) is 40.5 Å². The number of aliphatic hydroxyl groups is 1. The zero-order valence-electron chi connectivity index (χ0n) is 13.3. The van der Waals surface area contributed by atoms with Crippen molar-refractivity contribution in [1.82, 2.24) is 4.90 Å². The highest BCUT2D eigenvalue weighted by Crippen LogP contribution is 2.42. The minimum atomic E-state index is -0.601. The van der Waals surface area contributed by atoms with E-state index in [1.54, 1.807) is 0 Å². The second-order valence-corrected chi connectivity index (χ2v) is 6.53. The number of hydrogen-bond acceptors (Lipinski definition) is 2. The molecule has 1 aromatic rings. The Morgan fingerprint density at radius 2 is 2.00 bits per heavy atom. The van der Waals surface area contributed by atoms with Gasteiger partial charge in [0.05, 0.1) is 18.1 Å². The van der Waals surface area contributed by atoms with Crippen LogP contribution in [0.15, 0.2) is 36.4 Å². The van der Waals surface area contributed by atoms with Crippen molar-refractivity contribution >= 4 is 5.91 Å². The molecule has 0 spiro atoms. The first kappa shape index (κ1) is 15.3. The number of allylic oxidation sites excluding steroid dienone is 1. The summed E-state index contributed by atoms with van der Waals surface area (Å²) in [5.74, 6) is 0.229. The number of nitrogens with zero attached hydrogens (tertiary/aromatic N) is 1. The van der Waals surface area contributed by atoms with Gasteiger partial charge in [0, 0.05) is 6.54 Å². The van der Waals surface area contributed by atoms with E-state index in [0.29, 0.717) is 13.0 Å². The van der Waals surface area contributed by atoms with Crippen LogP contribution in [-0.2, 0) is 10.4 Å². The molecule has 3 rings (SSSR count). The summed E-state index contributed by atoms with van der Waals surface area (Å²) in [6.07, 6.45) is 9.89. The van der Waals surface area contributed by atoms with Gasteiger partial charge in [-0.3, -0.25) is 4.79 Å². The standard InChI is InChI=1S/C19H25NO2/c1-2-3-4-5-13-20-17(14-18(20)21)15-7-9-16(10-8-15)19(22)11-6-12-19/h4-5,7-10,17,22H,2-3,6,11-14H2,1H3/b5-4-/t17-/m1/s1. The van der Waals surface area contributed by atoms with Crippen LogP contribution >= 0.6 is 0 Å². The Morgan fingerprint density at radius 1 is 1.27 bits per heavy atom. The number of rotatable bonds is 6. The van der Waals surface area contributed by atoms with Crippen LogP contribution in [0.4, 0.5) is 0 Å². The molecule has 2 aliphatic rings. The normalized spacial score (nSPS) is 23.5. The highest BCUT2D eigenvalue weighted by Gasteiger charge is 2.38. The van der Waals surface area contributed by atoms with E-state index in [1.807, 2.05) is 17.0 Å². The summed E-state index contributed by atoms with van der Waals surface area (Å²) in [7, 11) is 0. The van der Waals surface area contributed by atoms with Crippen LogP contribution in [-0.4, -0.2) is 22.5 Å². The second-order valence-electron chi connectivity index (χ2n) is 6.53. The SMILES string of the molecule is CCC/C=C\CN1C(=O)C[C@@H]1c1ccc(C2(O)CCC2)cc1. The molecule has 1 aliphatic heterocycles. The number of carbonyl (C=O) groups excluding carboxylic acids is 1. The molecule has 3 nitrogen and oxygen atoms in total. The van der Waals surface area contributed by atoms with Gasteiger partial charge in [-0.2, -0.15) is 0 Å². The van der Waals surface area contributed by atoms with Crippen LogP contribution < -0.4 is 0 Å². The lowest BCUT2D eigenvalue weighted by Crippen LogP contribution is -2.46. The zero-order valence-corrected chi connectivity index (χ0v) is 13.3. The van der Waals surface area contributed by atoms with Gasteiger partial charge in [-0.05, 0) is 36.8 Å². The number of β-lactam (4-membered cyclic amide) rings is 1. The smallest absolute Gasteiger partial charge is 0.225 e. The summed E-state index contributed by atoms with van der Waals surface area (Å²) in [4.78, 5) is 13.7. The van der Waals surface area contributed by atoms with Gasteiger partial charge < -0.3 is 10.0 Å². The number of benzene rings is 1. The molecule has 1 heterocycles. The van der Waals surface area contributed by atoms with Crippen LogP contribution in [0.1, 0.15) is 62.6 Å². The Morgan fingerprint density at radius 3 is 2.55 bits per heavy atom. The maximum atomic E-state index is 11.8. The molecule has 0 unspecified atom stereocenters. The van der Waals surface area contributed by atoms with E-state index in [2.05, 4.69) is 31.2 Å². The average molecular weight is 299 g/mol. The molecule has 22 heavy (non-hydrogen) atoms. The maximum absolute atomic E-state index is 11.8. The molecular weight excluding hydrogens is 274 g/mol. The van der Waals surface area contributed by atoms with Crippen LogP contribution in [0.5, 0.6) is 0 Å². The quantitative estimate of drug-likeness (QED) is 0.643. The molecule has 0 bridgehead atoms. The molecule has 118 valence electrons. The fraction of sp³-hybridized carbons (Fsp3) is 0.526. The van der Waals surface area contributed by atoms with E-state index < -0.39 is 5.60 Å². The van der Waals surface area contributed by atoms with E-state index in [-0.39, 0.29) is 11.9 Å². The monoisotopic (exact) mass is 299 g/mol. The van der Waals surface area contributed by atoms with Gasteiger partial charge in [0.2, 0.25) is 5.91 Å². The second kappa shape index (κ2) is 6.25. The van der Waals surface area contributed by atoms with Gasteiger partial charge >= 0.3 is 0 Å². The molecule has 0 aromatic heterocycles. The number of unbranched alkanes of at least 4 members (excludes halogenated alkanes) is 1. The molecule has 3 heteroatoms. The molecule has 0 radical (unpaired) electrons. The van der Waals surface area contributed by atoms with E-state index in [4.69, 9.17) is 0 Å². The van der Waals surface area contributed by atoms with Gasteiger partial charge in [-0.1, -0.05) is 49.8 Å². The third-order valence-electron chi connectivity index (χ3n) is 5.00. The minimum Gasteiger partial charge on any atom is -0.385 e. The van der Waals surface area contributed by atoms with Crippen molar-refractivity contribution in [2.75, 3.05) is 6.54 Å². The number of amides is 1. The van der Waals surface area contributed by atoms with Crippen molar-refractivity contribution in [3.63, 3.8) is 0 Å². The molecule has 1 aromatic carbocycles. The van der Waals surface area contributed by atoms with Gasteiger partial charge in [0.1, 0.15) is 0 Å². The van der Waals surface area contributed by atoms with Crippen molar-refractivity contribution in [1.29, 1.82) is 0 Å². The molecule has 1 amide bonds. The molecular formula is C19H25NO2. The predicted octanol–water partition coefficient (Wildman–Crippen LogP) is 3.69. The molecule has 1 aliphatic carbocycles. The lowest BCUT2D eigenvalue weighted by Gasteiger charge is -2.41. The van der Waals surface area contributed by atoms with Crippen molar-refractivity contribution in [2.45, 2.75) is 57.1 Å². The summed E-state index contributed by atoms with van der Waals surface area (Å²) in [5, 5.41) is 10.4. The van der Waals surface area contributed by atoms with Crippen molar-refractivity contribution in [3.05, 3.63) is 47.5 Å². The fourth-order valence-corrected chi connectivity index (χ4v) is 3.27. The maximum Gasteiger partial charge on any atom is 0.225 e. The summed E-state index contributed by atoms with van der Waals surface area (Å²) in [6.45, 7) is 2.86. The highest BCUT2D eigenvalue weighted by molar-refractivity contribution is 5.83. The van der Waals surface area contributed by atoms with E-state index in [1.165, 1.54) is 5.56 Å². The summed E-state index contributed by atoms with van der Waals surface area (Å²) >= 11 is 0. The van der Waals surface area contributed by atoms with E-state index >= 15 is 0 Å². The van der Waals surface area contributed by atoms with E-state index in [9.17, 15) is 9.90 Å². The average Bonchev–Trinajstić information content (AvgIpc) is 2.50. The van der Waals surface area contributed by atoms with Gasteiger partial charge in [-0.15, -0.1) is 0 Å². The minimum absolute atomic E-state index is 0.198. The first-order valence-electron chi connectivity index (χ1n) is 8.41. The summed E-state index contributed by atoms with van der Waals surface area (Å²) < 4.78 is 0. The van der Waals surface area contributed by atoms with Crippen molar-refractivity contribution < 1.29 is 9.90 Å². The largest absolute Gasteiger partial charge is 0.385 e. The molecule has 2 fully saturated rings. The Kier molecular flexibility index (Phi) is 4.34. The summed E-state index contributed by atoms with van der Waals surface area (Å²) in [5.41, 5.74) is 1.59. The van der Waals surface area contributed by atoms with Gasteiger partial charge in [-0.25, -0.2) is 0 Å². The molecule has 1 atom stereocenters. The zero-order chi connectivity index (χ0) is 15.6. The molecule has 1 saturated carbocycles. The lowest BCUT2D eigenvalue weighted by atomic mass is 9.75. The third kappa shape index (κ3) is 2.82. The Labute approximate surface area is 132 Å². The van der Waals surface area contributed by atoms with Crippen LogP contribution in [0.2, 0.25) is 0 Å². The Balaban J connectivity index is 1.64.